The van der Waals surface area contributed by atoms with Crippen molar-refractivity contribution >= 4 is 11.6 Å². The summed E-state index contributed by atoms with van der Waals surface area (Å²) in [4.78, 5) is 24.5. The van der Waals surface area contributed by atoms with E-state index >= 15 is 0 Å². The minimum atomic E-state index is -0.543. The molecular formula is C15H15ClN4O2. The molecule has 0 unspecified atom stereocenters. The number of benzene rings is 1. The highest BCUT2D eigenvalue weighted by molar-refractivity contribution is 6.31. The number of hydrogen-bond donors (Lipinski definition) is 4. The van der Waals surface area contributed by atoms with E-state index in [0.29, 0.717) is 33.1 Å². The van der Waals surface area contributed by atoms with E-state index in [4.69, 9.17) is 11.6 Å². The molecule has 3 aromatic rings. The van der Waals surface area contributed by atoms with Gasteiger partial charge in [0, 0.05) is 16.4 Å². The summed E-state index contributed by atoms with van der Waals surface area (Å²) >= 11 is 6.32. The fraction of sp³-hybridized carbons (Fsp3) is 0.200. The van der Waals surface area contributed by atoms with E-state index in [1.54, 1.807) is 19.9 Å². The number of rotatable bonds is 3. The summed E-state index contributed by atoms with van der Waals surface area (Å²) < 4.78 is 0. The van der Waals surface area contributed by atoms with E-state index in [0.717, 1.165) is 0 Å². The summed E-state index contributed by atoms with van der Waals surface area (Å²) in [5, 5.41) is 11.2. The molecule has 0 saturated carbocycles. The Labute approximate surface area is 130 Å². The Hall–Kier alpha value is -2.47. The van der Waals surface area contributed by atoms with Crippen LogP contribution >= 0.6 is 11.6 Å². The molecule has 1 aromatic carbocycles. The standard InChI is InChI=1S/C15H15ClN4O2/c1-7-11(14(21)19-17-7)13(9-5-3-4-6-10(9)16)12-8(2)18-20-15(12)22/h3-6,13H,1-2H3,(H2,17,19,21)(H2,18,20,22). The first-order valence-electron chi connectivity index (χ1n) is 6.79. The lowest BCUT2D eigenvalue weighted by Crippen LogP contribution is -2.20. The predicted molar refractivity (Wildman–Crippen MR) is 84.7 cm³/mol. The first kappa shape index (κ1) is 14.5. The molecular weight excluding hydrogens is 304 g/mol. The molecule has 0 aliphatic rings. The van der Waals surface area contributed by atoms with Crippen LogP contribution in [-0.2, 0) is 0 Å². The molecule has 0 atom stereocenters. The van der Waals surface area contributed by atoms with Crippen LogP contribution in [0.15, 0.2) is 33.9 Å². The average molecular weight is 319 g/mol. The molecule has 2 heterocycles. The van der Waals surface area contributed by atoms with Gasteiger partial charge in [0.2, 0.25) is 0 Å². The normalized spacial score (nSPS) is 11.3. The lowest BCUT2D eigenvalue weighted by atomic mass is 9.85. The fourth-order valence-electron chi connectivity index (χ4n) is 2.77. The monoisotopic (exact) mass is 318 g/mol. The third-order valence-electron chi connectivity index (χ3n) is 3.82. The zero-order valence-electron chi connectivity index (χ0n) is 12.1. The maximum Gasteiger partial charge on any atom is 0.268 e. The van der Waals surface area contributed by atoms with Crippen molar-refractivity contribution in [1.82, 2.24) is 20.4 Å². The molecule has 0 aliphatic heterocycles. The van der Waals surface area contributed by atoms with E-state index in [9.17, 15) is 9.59 Å². The number of hydrogen-bond acceptors (Lipinski definition) is 2. The molecule has 0 fully saturated rings. The molecule has 0 radical (unpaired) electrons. The third-order valence-corrected chi connectivity index (χ3v) is 4.16. The van der Waals surface area contributed by atoms with Crippen molar-refractivity contribution in [3.63, 3.8) is 0 Å². The van der Waals surface area contributed by atoms with Gasteiger partial charge >= 0.3 is 0 Å². The first-order chi connectivity index (χ1) is 10.5. The Balaban J connectivity index is 2.36. The minimum Gasteiger partial charge on any atom is -0.302 e. The van der Waals surface area contributed by atoms with E-state index in [2.05, 4.69) is 20.4 Å². The van der Waals surface area contributed by atoms with Crippen molar-refractivity contribution in [1.29, 1.82) is 0 Å². The van der Waals surface area contributed by atoms with Gasteiger partial charge in [-0.2, -0.15) is 0 Å². The molecule has 4 N–H and O–H groups in total. The van der Waals surface area contributed by atoms with Gasteiger partial charge in [-0.15, -0.1) is 0 Å². The van der Waals surface area contributed by atoms with Crippen molar-refractivity contribution < 1.29 is 0 Å². The summed E-state index contributed by atoms with van der Waals surface area (Å²) in [6.45, 7) is 3.57. The minimum absolute atomic E-state index is 0.262. The fourth-order valence-corrected chi connectivity index (χ4v) is 3.02. The van der Waals surface area contributed by atoms with Gasteiger partial charge in [-0.1, -0.05) is 29.8 Å². The zero-order chi connectivity index (χ0) is 15.9. The van der Waals surface area contributed by atoms with Crippen LogP contribution in [0.1, 0.15) is 34.0 Å². The molecule has 3 rings (SSSR count). The molecule has 114 valence electrons. The lowest BCUT2D eigenvalue weighted by Gasteiger charge is -2.17. The van der Waals surface area contributed by atoms with Crippen LogP contribution in [0, 0.1) is 13.8 Å². The summed E-state index contributed by atoms with van der Waals surface area (Å²) in [7, 11) is 0. The van der Waals surface area contributed by atoms with Gasteiger partial charge in [-0.05, 0) is 25.5 Å². The molecule has 7 heteroatoms. The van der Waals surface area contributed by atoms with Crippen molar-refractivity contribution in [2.75, 3.05) is 0 Å². The first-order valence-corrected chi connectivity index (χ1v) is 7.17. The summed E-state index contributed by atoms with van der Waals surface area (Å²) in [6, 6.07) is 7.22. The van der Waals surface area contributed by atoms with Gasteiger partial charge in [0.1, 0.15) is 0 Å². The largest absolute Gasteiger partial charge is 0.302 e. The Bertz CT molecular complexity index is 877. The second-order valence-corrected chi connectivity index (χ2v) is 5.60. The Morgan fingerprint density at radius 2 is 1.36 bits per heavy atom. The highest BCUT2D eigenvalue weighted by Crippen LogP contribution is 2.34. The van der Waals surface area contributed by atoms with E-state index in [1.165, 1.54) is 0 Å². The van der Waals surface area contributed by atoms with Crippen LogP contribution < -0.4 is 11.1 Å². The Kier molecular flexibility index (Phi) is 3.54. The van der Waals surface area contributed by atoms with Crippen LogP contribution in [0.25, 0.3) is 0 Å². The molecule has 0 spiro atoms. The van der Waals surface area contributed by atoms with Crippen LogP contribution in [0.3, 0.4) is 0 Å². The Morgan fingerprint density at radius 3 is 1.77 bits per heavy atom. The van der Waals surface area contributed by atoms with Gasteiger partial charge in [0.05, 0.1) is 17.0 Å². The highest BCUT2D eigenvalue weighted by Gasteiger charge is 2.29. The number of H-pyrrole nitrogens is 4. The molecule has 6 nitrogen and oxygen atoms in total. The zero-order valence-corrected chi connectivity index (χ0v) is 12.8. The molecule has 0 amide bonds. The quantitative estimate of drug-likeness (QED) is 0.595. The van der Waals surface area contributed by atoms with Crippen LogP contribution in [0.5, 0.6) is 0 Å². The van der Waals surface area contributed by atoms with Crippen molar-refractivity contribution in [3.8, 4) is 0 Å². The molecule has 2 aromatic heterocycles. The van der Waals surface area contributed by atoms with Crippen LogP contribution in [-0.4, -0.2) is 20.4 Å². The molecule has 0 bridgehead atoms. The maximum atomic E-state index is 12.2. The van der Waals surface area contributed by atoms with Gasteiger partial charge in [-0.25, -0.2) is 0 Å². The third kappa shape index (κ3) is 2.21. The van der Waals surface area contributed by atoms with Gasteiger partial charge in [0.25, 0.3) is 11.1 Å². The number of aryl methyl sites for hydroxylation is 2. The van der Waals surface area contributed by atoms with Gasteiger partial charge in [0.15, 0.2) is 0 Å². The summed E-state index contributed by atoms with van der Waals surface area (Å²) in [6.07, 6.45) is 0. The smallest absolute Gasteiger partial charge is 0.268 e. The number of halogens is 1. The van der Waals surface area contributed by atoms with Crippen LogP contribution in [0.4, 0.5) is 0 Å². The molecule has 0 saturated heterocycles. The topological polar surface area (TPSA) is 97.3 Å². The predicted octanol–water partition coefficient (Wildman–Crippen LogP) is 2.17. The number of nitrogens with one attached hydrogen (secondary N) is 4. The molecule has 22 heavy (non-hydrogen) atoms. The summed E-state index contributed by atoms with van der Waals surface area (Å²) in [5.41, 5.74) is 2.52. The second kappa shape index (κ2) is 5.38. The lowest BCUT2D eigenvalue weighted by molar-refractivity contribution is 0.931. The van der Waals surface area contributed by atoms with Crippen LogP contribution in [0.2, 0.25) is 5.02 Å². The van der Waals surface area contributed by atoms with Crippen molar-refractivity contribution in [3.05, 3.63) is 78.1 Å². The SMILES string of the molecule is Cc1[nH][nH]c(=O)c1C(c1ccccc1Cl)c1c(C)[nH][nH]c1=O. The van der Waals surface area contributed by atoms with E-state index < -0.39 is 5.92 Å². The second-order valence-electron chi connectivity index (χ2n) is 5.19. The number of aromatic amines is 4. The Morgan fingerprint density at radius 1 is 0.864 bits per heavy atom. The maximum absolute atomic E-state index is 12.2. The van der Waals surface area contributed by atoms with Gasteiger partial charge < -0.3 is 10.2 Å². The van der Waals surface area contributed by atoms with Gasteiger partial charge in [-0.3, -0.25) is 19.8 Å². The molecule has 0 aliphatic carbocycles. The van der Waals surface area contributed by atoms with Crippen molar-refractivity contribution in [2.45, 2.75) is 19.8 Å². The van der Waals surface area contributed by atoms with E-state index in [1.807, 2.05) is 18.2 Å². The highest BCUT2D eigenvalue weighted by atomic mass is 35.5. The van der Waals surface area contributed by atoms with E-state index in [-0.39, 0.29) is 11.1 Å². The average Bonchev–Trinajstić information content (AvgIpc) is 2.99. The number of aromatic nitrogens is 4. The van der Waals surface area contributed by atoms with Crippen molar-refractivity contribution in [2.24, 2.45) is 0 Å². The summed E-state index contributed by atoms with van der Waals surface area (Å²) in [5.74, 6) is -0.543.